The van der Waals surface area contributed by atoms with Crippen LogP contribution in [0.4, 0.5) is 0 Å². The lowest BCUT2D eigenvalue weighted by Gasteiger charge is -2.40. The summed E-state index contributed by atoms with van der Waals surface area (Å²) < 4.78 is -0.0628. The van der Waals surface area contributed by atoms with Crippen molar-refractivity contribution in [2.45, 2.75) is 52.7 Å². The van der Waals surface area contributed by atoms with Gasteiger partial charge in [0.25, 0.3) is 0 Å². The first-order valence-corrected chi connectivity index (χ1v) is 17.7. The van der Waals surface area contributed by atoms with Gasteiger partial charge in [0, 0.05) is 28.2 Å². The van der Waals surface area contributed by atoms with Crippen molar-refractivity contribution >= 4 is 29.1 Å². The minimum atomic E-state index is -0.227. The van der Waals surface area contributed by atoms with E-state index in [-0.39, 0.29) is 16.2 Å². The second-order valence-corrected chi connectivity index (χ2v) is 15.6. The van der Waals surface area contributed by atoms with E-state index in [2.05, 4.69) is 152 Å². The maximum absolute atomic E-state index is 5.19. The quantitative estimate of drug-likeness (QED) is 0.221. The molecule has 4 aromatic carbocycles. The van der Waals surface area contributed by atoms with Crippen molar-refractivity contribution in [3.63, 3.8) is 0 Å². The normalized spacial score (nSPS) is 31.2. The lowest BCUT2D eigenvalue weighted by Crippen LogP contribution is -2.35. The molecule has 6 unspecified atom stereocenters. The van der Waals surface area contributed by atoms with Crippen LogP contribution in [0.15, 0.2) is 143 Å². The van der Waals surface area contributed by atoms with Crippen LogP contribution in [-0.4, -0.2) is 10.5 Å². The van der Waals surface area contributed by atoms with E-state index in [1.165, 1.54) is 66.3 Å². The summed E-state index contributed by atoms with van der Waals surface area (Å²) in [6.45, 7) is 2.52. The van der Waals surface area contributed by atoms with Crippen LogP contribution in [0.5, 0.6) is 0 Å². The van der Waals surface area contributed by atoms with Crippen LogP contribution in [-0.2, 0) is 11.8 Å². The Morgan fingerprint density at radius 3 is 2.61 bits per heavy atom. The minimum Gasteiger partial charge on any atom is -0.272 e. The third-order valence-electron chi connectivity index (χ3n) is 12.1. The molecule has 2 heterocycles. The molecule has 2 aliphatic heterocycles. The van der Waals surface area contributed by atoms with Gasteiger partial charge in [-0.1, -0.05) is 127 Å². The molecule has 6 atom stereocenters. The highest BCUT2D eigenvalue weighted by atomic mass is 32.2. The molecule has 1 nitrogen and oxygen atoms in total. The minimum absolute atomic E-state index is 0.0628. The number of hydrogen-bond acceptors (Lipinski definition) is 2. The number of benzene rings is 4. The van der Waals surface area contributed by atoms with Crippen molar-refractivity contribution in [2.75, 3.05) is 0 Å². The van der Waals surface area contributed by atoms with Crippen LogP contribution in [0, 0.1) is 5.92 Å². The summed E-state index contributed by atoms with van der Waals surface area (Å²) in [5.41, 5.74) is 17.0. The van der Waals surface area contributed by atoms with E-state index in [1.807, 2.05) is 0 Å². The second-order valence-electron chi connectivity index (χ2n) is 14.1. The summed E-state index contributed by atoms with van der Waals surface area (Å²) in [6, 6.07) is 32.8. The molecule has 5 aliphatic carbocycles. The van der Waals surface area contributed by atoms with E-state index in [0.717, 1.165) is 12.8 Å². The zero-order valence-electron chi connectivity index (χ0n) is 25.8. The Balaban J connectivity index is 1.12. The van der Waals surface area contributed by atoms with Crippen LogP contribution in [0.1, 0.15) is 81.3 Å². The van der Waals surface area contributed by atoms with Gasteiger partial charge in [-0.3, -0.25) is 4.99 Å². The maximum Gasteiger partial charge on any atom is 0.118 e. The van der Waals surface area contributed by atoms with Crippen molar-refractivity contribution in [3.05, 3.63) is 183 Å². The van der Waals surface area contributed by atoms with Gasteiger partial charge in [-0.15, -0.1) is 11.8 Å². The van der Waals surface area contributed by atoms with E-state index in [1.54, 1.807) is 5.57 Å². The molecule has 7 aliphatic rings. The zero-order chi connectivity index (χ0) is 30.2. The van der Waals surface area contributed by atoms with Gasteiger partial charge >= 0.3 is 0 Å². The molecule has 0 N–H and O–H groups in total. The molecular formula is C44H33NS. The summed E-state index contributed by atoms with van der Waals surface area (Å²) in [7, 11) is 0. The van der Waals surface area contributed by atoms with Gasteiger partial charge in [-0.05, 0) is 81.5 Å². The predicted octanol–water partition coefficient (Wildman–Crippen LogP) is 10.3. The molecule has 0 amide bonds. The summed E-state index contributed by atoms with van der Waals surface area (Å²) in [5.74, 6) is 1.07. The molecule has 46 heavy (non-hydrogen) atoms. The van der Waals surface area contributed by atoms with Crippen molar-refractivity contribution in [3.8, 4) is 0 Å². The summed E-state index contributed by atoms with van der Waals surface area (Å²) in [4.78, 5) is 6.62. The Labute approximate surface area is 274 Å². The van der Waals surface area contributed by atoms with Gasteiger partial charge in [0.2, 0.25) is 0 Å². The fourth-order valence-corrected chi connectivity index (χ4v) is 11.8. The highest BCUT2D eigenvalue weighted by Gasteiger charge is 2.62. The topological polar surface area (TPSA) is 12.4 Å². The number of nitrogens with zero attached hydrogens (tertiary/aromatic N) is 1. The van der Waals surface area contributed by atoms with Crippen LogP contribution in [0.3, 0.4) is 0 Å². The average molecular weight is 608 g/mol. The zero-order valence-corrected chi connectivity index (χ0v) is 26.6. The lowest BCUT2D eigenvalue weighted by atomic mass is 9.63. The van der Waals surface area contributed by atoms with Crippen molar-refractivity contribution in [1.82, 2.24) is 0 Å². The van der Waals surface area contributed by atoms with Gasteiger partial charge in [-0.25, -0.2) is 0 Å². The molecule has 11 rings (SSSR count). The van der Waals surface area contributed by atoms with Gasteiger partial charge in [0.05, 0.1) is 15.9 Å². The molecular weight excluding hydrogens is 575 g/mol. The third-order valence-corrected chi connectivity index (χ3v) is 13.5. The lowest BCUT2D eigenvalue weighted by molar-refractivity contribution is 0.460. The molecule has 0 saturated heterocycles. The van der Waals surface area contributed by atoms with Crippen molar-refractivity contribution in [2.24, 2.45) is 10.9 Å². The average Bonchev–Trinajstić information content (AvgIpc) is 3.65. The first kappa shape index (κ1) is 25.8. The summed E-state index contributed by atoms with van der Waals surface area (Å²) in [5, 5.41) is 0. The molecule has 220 valence electrons. The smallest absolute Gasteiger partial charge is 0.118 e. The number of hydrogen-bond donors (Lipinski definition) is 0. The number of thioether (sulfide) groups is 1. The van der Waals surface area contributed by atoms with Crippen molar-refractivity contribution < 1.29 is 0 Å². The molecule has 1 spiro atoms. The van der Waals surface area contributed by atoms with E-state index >= 15 is 0 Å². The fraction of sp³-hybridized carbons (Fsp3) is 0.205. The van der Waals surface area contributed by atoms with Gasteiger partial charge in [0.15, 0.2) is 0 Å². The molecule has 4 aromatic rings. The SMILES string of the molecule is CC12Sc3ccccc3C1C=CC1=C2c2ccc(C3N=C3c3cccc4c3CCC=C4)cc2C12c1ccccc1C1C=CC=CC12. The summed E-state index contributed by atoms with van der Waals surface area (Å²) >= 11 is 2.08. The highest BCUT2D eigenvalue weighted by molar-refractivity contribution is 8.01. The molecule has 0 fully saturated rings. The number of aliphatic imine (C=N–C) groups is 1. The van der Waals surface area contributed by atoms with E-state index in [4.69, 9.17) is 4.99 Å². The second kappa shape index (κ2) is 8.90. The number of rotatable bonds is 2. The third kappa shape index (κ3) is 3.07. The maximum atomic E-state index is 5.19. The van der Waals surface area contributed by atoms with Crippen LogP contribution >= 0.6 is 11.8 Å². The predicted molar refractivity (Wildman–Crippen MR) is 191 cm³/mol. The van der Waals surface area contributed by atoms with E-state index in [9.17, 15) is 0 Å². The number of fused-ring (bicyclic) bond motifs is 14. The standard InChI is InChI=1S/C44H33NS/c1-43-34(32-16-6-9-20-39(32)46-43)23-24-37-40(43)33-22-21-27(41-42(45-41)31-17-10-12-26-11-2-3-13-28(26)31)25-38(33)44(37)35-18-7-4-14-29(35)30-15-5-8-19-36(30)44/h2,4-12,14-25,29,34-35,41H,3,13H2,1H3. The molecule has 0 saturated carbocycles. The van der Waals surface area contributed by atoms with Crippen molar-refractivity contribution in [1.29, 1.82) is 0 Å². The van der Waals surface area contributed by atoms with Gasteiger partial charge < -0.3 is 0 Å². The first-order chi connectivity index (χ1) is 22.7. The Hall–Kier alpha value is -4.40. The Morgan fingerprint density at radius 2 is 1.65 bits per heavy atom. The molecule has 0 aromatic heterocycles. The van der Waals surface area contributed by atoms with Gasteiger partial charge in [0.1, 0.15) is 6.04 Å². The molecule has 2 heteroatoms. The summed E-state index contributed by atoms with van der Waals surface area (Å²) in [6.07, 6.45) is 21.4. The van der Waals surface area contributed by atoms with Gasteiger partial charge in [-0.2, -0.15) is 0 Å². The van der Waals surface area contributed by atoms with E-state index < -0.39 is 0 Å². The number of allylic oxidation sites excluding steroid dienone is 8. The molecule has 0 bridgehead atoms. The van der Waals surface area contributed by atoms with Crippen LogP contribution < -0.4 is 0 Å². The molecule has 0 radical (unpaired) electrons. The Morgan fingerprint density at radius 1 is 0.783 bits per heavy atom. The first-order valence-electron chi connectivity index (χ1n) is 16.8. The monoisotopic (exact) mass is 607 g/mol. The highest BCUT2D eigenvalue weighted by Crippen LogP contribution is 2.71. The fourth-order valence-electron chi connectivity index (χ4n) is 10.2. The largest absolute Gasteiger partial charge is 0.272 e. The van der Waals surface area contributed by atoms with Crippen LogP contribution in [0.2, 0.25) is 0 Å². The van der Waals surface area contributed by atoms with E-state index in [0.29, 0.717) is 17.8 Å². The Kier molecular flexibility index (Phi) is 4.98. The Bertz CT molecular complexity index is 2240. The van der Waals surface area contributed by atoms with Crippen LogP contribution in [0.25, 0.3) is 11.6 Å².